The van der Waals surface area contributed by atoms with E-state index in [1.54, 1.807) is 0 Å². The molecular formula is C11H20F2O. The van der Waals surface area contributed by atoms with E-state index in [4.69, 9.17) is 0 Å². The summed E-state index contributed by atoms with van der Waals surface area (Å²) in [6.07, 6.45) is 0.867. The molecule has 0 aliphatic heterocycles. The molecule has 0 radical (unpaired) electrons. The highest BCUT2D eigenvalue weighted by atomic mass is 19.3. The number of carbonyl (C=O) groups excluding carboxylic acids is 1. The third kappa shape index (κ3) is 4.68. The number of halogens is 2. The summed E-state index contributed by atoms with van der Waals surface area (Å²) >= 11 is 0. The fraction of sp³-hybridized carbons (Fsp3) is 0.909. The first-order valence-corrected chi connectivity index (χ1v) is 5.19. The zero-order chi connectivity index (χ0) is 11.4. The van der Waals surface area contributed by atoms with Gasteiger partial charge in [0.15, 0.2) is 0 Å². The van der Waals surface area contributed by atoms with Gasteiger partial charge in [-0.15, -0.1) is 0 Å². The van der Waals surface area contributed by atoms with Crippen LogP contribution in [0.25, 0.3) is 0 Å². The van der Waals surface area contributed by atoms with Gasteiger partial charge in [0.2, 0.25) is 5.78 Å². The number of alkyl halides is 2. The van der Waals surface area contributed by atoms with Gasteiger partial charge in [-0.2, -0.15) is 8.78 Å². The van der Waals surface area contributed by atoms with Crippen molar-refractivity contribution >= 4 is 5.78 Å². The largest absolute Gasteiger partial charge is 0.305 e. The summed E-state index contributed by atoms with van der Waals surface area (Å²) in [5, 5.41) is 0. The molecule has 0 aromatic rings. The van der Waals surface area contributed by atoms with E-state index in [1.807, 2.05) is 13.8 Å². The van der Waals surface area contributed by atoms with Gasteiger partial charge in [0, 0.05) is 12.3 Å². The van der Waals surface area contributed by atoms with Gasteiger partial charge in [0.1, 0.15) is 0 Å². The van der Waals surface area contributed by atoms with Crippen LogP contribution in [-0.4, -0.2) is 11.7 Å². The Morgan fingerprint density at radius 3 is 2.07 bits per heavy atom. The fourth-order valence-electron chi connectivity index (χ4n) is 1.28. The Balaban J connectivity index is 4.01. The van der Waals surface area contributed by atoms with Gasteiger partial charge >= 0.3 is 5.92 Å². The maximum atomic E-state index is 13.2. The van der Waals surface area contributed by atoms with Crippen molar-refractivity contribution in [2.75, 3.05) is 0 Å². The smallest absolute Gasteiger partial charge is 0.293 e. The maximum absolute atomic E-state index is 13.2. The molecule has 1 nitrogen and oxygen atoms in total. The second-order valence-corrected chi connectivity index (χ2v) is 4.51. The topological polar surface area (TPSA) is 17.1 Å². The molecule has 0 bridgehead atoms. The SMILES string of the molecule is CC(C)CCCC(F)(F)C(=O)C(C)C. The Bertz CT molecular complexity index is 186. The number of rotatable bonds is 6. The van der Waals surface area contributed by atoms with Gasteiger partial charge in [-0.3, -0.25) is 4.79 Å². The lowest BCUT2D eigenvalue weighted by Gasteiger charge is -2.17. The van der Waals surface area contributed by atoms with Crippen molar-refractivity contribution in [1.82, 2.24) is 0 Å². The summed E-state index contributed by atoms with van der Waals surface area (Å²) in [4.78, 5) is 11.1. The van der Waals surface area contributed by atoms with E-state index in [2.05, 4.69) is 0 Å². The Morgan fingerprint density at radius 2 is 1.71 bits per heavy atom. The predicted molar refractivity (Wildman–Crippen MR) is 53.5 cm³/mol. The molecule has 0 aromatic carbocycles. The van der Waals surface area contributed by atoms with Crippen molar-refractivity contribution in [1.29, 1.82) is 0 Å². The molecule has 0 saturated heterocycles. The number of ketones is 1. The normalized spacial score (nSPS) is 12.6. The Labute approximate surface area is 84.9 Å². The van der Waals surface area contributed by atoms with E-state index in [0.29, 0.717) is 12.3 Å². The van der Waals surface area contributed by atoms with E-state index in [1.165, 1.54) is 13.8 Å². The highest BCUT2D eigenvalue weighted by molar-refractivity contribution is 5.87. The summed E-state index contributed by atoms with van der Waals surface area (Å²) in [5.74, 6) is -4.21. The lowest BCUT2D eigenvalue weighted by atomic mass is 9.97. The highest BCUT2D eigenvalue weighted by Gasteiger charge is 2.38. The Hall–Kier alpha value is -0.470. The van der Waals surface area contributed by atoms with Gasteiger partial charge in [0.25, 0.3) is 0 Å². The van der Waals surface area contributed by atoms with Crippen LogP contribution in [0, 0.1) is 11.8 Å². The van der Waals surface area contributed by atoms with E-state index in [0.717, 1.165) is 6.42 Å². The molecule has 0 aliphatic rings. The molecule has 0 N–H and O–H groups in total. The molecule has 0 aliphatic carbocycles. The van der Waals surface area contributed by atoms with Crippen LogP contribution in [0.3, 0.4) is 0 Å². The van der Waals surface area contributed by atoms with Crippen molar-refractivity contribution in [2.45, 2.75) is 52.9 Å². The summed E-state index contributed by atoms with van der Waals surface area (Å²) in [5.41, 5.74) is 0. The van der Waals surface area contributed by atoms with Gasteiger partial charge in [-0.05, 0) is 12.3 Å². The lowest BCUT2D eigenvalue weighted by Crippen LogP contribution is -2.32. The maximum Gasteiger partial charge on any atom is 0.305 e. The molecule has 14 heavy (non-hydrogen) atoms. The average Bonchev–Trinajstić information content (AvgIpc) is 2.01. The minimum atomic E-state index is -3.12. The third-order valence-corrected chi connectivity index (χ3v) is 2.16. The average molecular weight is 206 g/mol. The van der Waals surface area contributed by atoms with Crippen molar-refractivity contribution in [3.8, 4) is 0 Å². The first-order valence-electron chi connectivity index (χ1n) is 5.19. The molecule has 0 atom stereocenters. The van der Waals surface area contributed by atoms with Crippen molar-refractivity contribution in [3.05, 3.63) is 0 Å². The Morgan fingerprint density at radius 1 is 1.21 bits per heavy atom. The second-order valence-electron chi connectivity index (χ2n) is 4.51. The van der Waals surface area contributed by atoms with Crippen LogP contribution in [0.5, 0.6) is 0 Å². The molecule has 0 fully saturated rings. The van der Waals surface area contributed by atoms with Gasteiger partial charge in [-0.1, -0.05) is 34.1 Å². The number of hydrogen-bond donors (Lipinski definition) is 0. The molecule has 0 heterocycles. The zero-order valence-electron chi connectivity index (χ0n) is 9.44. The monoisotopic (exact) mass is 206 g/mol. The first-order chi connectivity index (χ1) is 6.27. The highest BCUT2D eigenvalue weighted by Crippen LogP contribution is 2.26. The van der Waals surface area contributed by atoms with E-state index in [-0.39, 0.29) is 6.42 Å². The zero-order valence-corrected chi connectivity index (χ0v) is 9.44. The van der Waals surface area contributed by atoms with Crippen molar-refractivity contribution in [2.24, 2.45) is 11.8 Å². The fourth-order valence-corrected chi connectivity index (χ4v) is 1.28. The molecule has 3 heteroatoms. The van der Waals surface area contributed by atoms with Gasteiger partial charge < -0.3 is 0 Å². The number of carbonyl (C=O) groups is 1. The molecular weight excluding hydrogens is 186 g/mol. The minimum Gasteiger partial charge on any atom is -0.293 e. The number of hydrogen-bond acceptors (Lipinski definition) is 1. The van der Waals surface area contributed by atoms with Gasteiger partial charge in [0.05, 0.1) is 0 Å². The molecule has 0 aromatic heterocycles. The first kappa shape index (κ1) is 13.5. The summed E-state index contributed by atoms with van der Waals surface area (Å²) < 4.78 is 26.3. The Kier molecular flexibility index (Phi) is 5.24. The molecule has 84 valence electrons. The van der Waals surface area contributed by atoms with E-state index < -0.39 is 17.6 Å². The molecule has 0 saturated carbocycles. The van der Waals surface area contributed by atoms with E-state index >= 15 is 0 Å². The van der Waals surface area contributed by atoms with Crippen LogP contribution in [0.4, 0.5) is 8.78 Å². The third-order valence-electron chi connectivity index (χ3n) is 2.16. The van der Waals surface area contributed by atoms with E-state index in [9.17, 15) is 13.6 Å². The van der Waals surface area contributed by atoms with Crippen molar-refractivity contribution in [3.63, 3.8) is 0 Å². The standard InChI is InChI=1S/C11H20F2O/c1-8(2)6-5-7-11(12,13)10(14)9(3)4/h8-9H,5-7H2,1-4H3. The minimum absolute atomic E-state index is 0.303. The summed E-state index contributed by atoms with van der Waals surface area (Å²) in [6, 6.07) is 0. The lowest BCUT2D eigenvalue weighted by molar-refractivity contribution is -0.147. The molecule has 0 amide bonds. The molecule has 0 spiro atoms. The van der Waals surface area contributed by atoms with Crippen LogP contribution >= 0.6 is 0 Å². The predicted octanol–water partition coefficient (Wildman–Crippen LogP) is 3.67. The van der Waals surface area contributed by atoms with Gasteiger partial charge in [-0.25, -0.2) is 0 Å². The summed E-state index contributed by atoms with van der Waals surface area (Å²) in [7, 11) is 0. The van der Waals surface area contributed by atoms with Crippen LogP contribution in [0.1, 0.15) is 47.0 Å². The van der Waals surface area contributed by atoms with Crippen LogP contribution < -0.4 is 0 Å². The van der Waals surface area contributed by atoms with Crippen LogP contribution in [0.15, 0.2) is 0 Å². The van der Waals surface area contributed by atoms with Crippen LogP contribution in [0.2, 0.25) is 0 Å². The van der Waals surface area contributed by atoms with Crippen LogP contribution in [-0.2, 0) is 4.79 Å². The second kappa shape index (κ2) is 5.42. The number of Topliss-reactive ketones (excluding diaryl/α,β-unsaturated/α-hetero) is 1. The molecule has 0 unspecified atom stereocenters. The quantitative estimate of drug-likeness (QED) is 0.648. The summed E-state index contributed by atoms with van der Waals surface area (Å²) in [6.45, 7) is 7.00. The molecule has 0 rings (SSSR count). The van der Waals surface area contributed by atoms with Crippen molar-refractivity contribution < 1.29 is 13.6 Å².